The van der Waals surface area contributed by atoms with Crippen molar-refractivity contribution in [3.63, 3.8) is 0 Å². The van der Waals surface area contributed by atoms with Gasteiger partial charge in [-0.15, -0.1) is 0 Å². The third-order valence-electron chi connectivity index (χ3n) is 3.33. The Morgan fingerprint density at radius 2 is 2.00 bits per heavy atom. The van der Waals surface area contributed by atoms with E-state index in [9.17, 15) is 8.42 Å². The molecule has 1 heterocycles. The minimum atomic E-state index is -3.62. The van der Waals surface area contributed by atoms with E-state index < -0.39 is 10.0 Å². The average molecular weight is 286 g/mol. The zero-order valence-corrected chi connectivity index (χ0v) is 12.4. The highest BCUT2D eigenvalue weighted by Crippen LogP contribution is 2.20. The van der Waals surface area contributed by atoms with Gasteiger partial charge in [0.25, 0.3) is 0 Å². The third kappa shape index (κ3) is 3.89. The molecule has 0 bridgehead atoms. The van der Waals surface area contributed by atoms with Crippen LogP contribution in [0.1, 0.15) is 33.6 Å². The number of hydrazine groups is 1. The monoisotopic (exact) mass is 286 g/mol. The number of aromatic nitrogens is 1. The highest BCUT2D eigenvalue weighted by atomic mass is 32.2. The van der Waals surface area contributed by atoms with Gasteiger partial charge in [-0.1, -0.05) is 26.7 Å². The first-order valence-corrected chi connectivity index (χ1v) is 7.87. The quantitative estimate of drug-likeness (QED) is 0.521. The molecular weight excluding hydrogens is 264 g/mol. The Kier molecular flexibility index (Phi) is 5.71. The molecule has 7 heteroatoms. The number of nitrogen functional groups attached to an aromatic ring is 1. The normalized spacial score (nSPS) is 13.5. The summed E-state index contributed by atoms with van der Waals surface area (Å²) >= 11 is 0. The molecule has 0 saturated carbocycles. The lowest BCUT2D eigenvalue weighted by molar-refractivity contribution is 0.391. The predicted octanol–water partition coefficient (Wildman–Crippen LogP) is 1.47. The lowest BCUT2D eigenvalue weighted by atomic mass is 9.96. The molecule has 6 nitrogen and oxygen atoms in total. The van der Waals surface area contributed by atoms with Gasteiger partial charge < -0.3 is 5.43 Å². The van der Waals surface area contributed by atoms with Crippen LogP contribution >= 0.6 is 0 Å². The fourth-order valence-electron chi connectivity index (χ4n) is 2.11. The topological polar surface area (TPSA) is 97.1 Å². The van der Waals surface area contributed by atoms with Gasteiger partial charge >= 0.3 is 0 Å². The molecule has 0 aliphatic carbocycles. The van der Waals surface area contributed by atoms with Crippen molar-refractivity contribution in [1.29, 1.82) is 0 Å². The van der Waals surface area contributed by atoms with Gasteiger partial charge in [-0.3, -0.25) is 10.8 Å². The van der Waals surface area contributed by atoms with E-state index in [0.29, 0.717) is 11.6 Å². The zero-order valence-electron chi connectivity index (χ0n) is 11.6. The second-order valence-corrected chi connectivity index (χ2v) is 6.19. The van der Waals surface area contributed by atoms with Gasteiger partial charge in [0.15, 0.2) is 0 Å². The molecule has 1 atom stereocenters. The van der Waals surface area contributed by atoms with Crippen LogP contribution in [-0.2, 0) is 10.0 Å². The first-order valence-electron chi connectivity index (χ1n) is 6.39. The molecule has 0 amide bonds. The van der Waals surface area contributed by atoms with E-state index in [-0.39, 0.29) is 10.9 Å². The van der Waals surface area contributed by atoms with Crippen LogP contribution in [0, 0.1) is 5.92 Å². The maximum absolute atomic E-state index is 12.3. The van der Waals surface area contributed by atoms with E-state index in [1.807, 2.05) is 6.92 Å². The molecule has 4 N–H and O–H groups in total. The Bertz CT molecular complexity index is 500. The number of anilines is 1. The third-order valence-corrected chi connectivity index (χ3v) is 4.91. The standard InChI is InChI=1S/C12H22N4O2S/c1-4-10(5-2)9(3)16-19(17,18)12-8-14-7-6-11(12)15-13/h6-10,16H,4-5,13H2,1-3H3,(H,14,15). The fraction of sp³-hybridized carbons (Fsp3) is 0.583. The molecule has 0 saturated heterocycles. The molecule has 0 aromatic carbocycles. The molecule has 1 unspecified atom stereocenters. The maximum atomic E-state index is 12.3. The van der Waals surface area contributed by atoms with E-state index in [1.165, 1.54) is 18.5 Å². The Morgan fingerprint density at radius 1 is 1.37 bits per heavy atom. The summed E-state index contributed by atoms with van der Waals surface area (Å²) in [5, 5.41) is 0. The zero-order chi connectivity index (χ0) is 14.5. The summed E-state index contributed by atoms with van der Waals surface area (Å²) in [5.41, 5.74) is 2.71. The Balaban J connectivity index is 2.98. The SMILES string of the molecule is CCC(CC)C(C)NS(=O)(=O)c1cnccc1NN. The highest BCUT2D eigenvalue weighted by molar-refractivity contribution is 7.89. The number of rotatable bonds is 7. The Hall–Kier alpha value is -1.18. The van der Waals surface area contributed by atoms with Crippen molar-refractivity contribution in [2.24, 2.45) is 11.8 Å². The molecule has 0 spiro atoms. The molecule has 0 aliphatic rings. The van der Waals surface area contributed by atoms with Crippen molar-refractivity contribution < 1.29 is 8.42 Å². The molecule has 0 fully saturated rings. The molecule has 1 aromatic heterocycles. The second kappa shape index (κ2) is 6.83. The second-order valence-electron chi connectivity index (χ2n) is 4.50. The predicted molar refractivity (Wildman–Crippen MR) is 75.9 cm³/mol. The van der Waals surface area contributed by atoms with Gasteiger partial charge in [-0.25, -0.2) is 13.1 Å². The lowest BCUT2D eigenvalue weighted by Gasteiger charge is -2.22. The van der Waals surface area contributed by atoms with Crippen LogP contribution in [0.4, 0.5) is 5.69 Å². The number of hydrogen-bond donors (Lipinski definition) is 3. The van der Waals surface area contributed by atoms with Crippen LogP contribution in [0.2, 0.25) is 0 Å². The van der Waals surface area contributed by atoms with Gasteiger partial charge in [0, 0.05) is 18.4 Å². The molecular formula is C12H22N4O2S. The van der Waals surface area contributed by atoms with Crippen molar-refractivity contribution in [3.05, 3.63) is 18.5 Å². The van der Waals surface area contributed by atoms with Gasteiger partial charge in [0.2, 0.25) is 10.0 Å². The summed E-state index contributed by atoms with van der Waals surface area (Å²) in [6, 6.07) is 1.39. The summed E-state index contributed by atoms with van der Waals surface area (Å²) in [6.45, 7) is 5.98. The van der Waals surface area contributed by atoms with Crippen molar-refractivity contribution in [2.75, 3.05) is 5.43 Å². The van der Waals surface area contributed by atoms with Crippen LogP contribution in [-0.4, -0.2) is 19.4 Å². The maximum Gasteiger partial charge on any atom is 0.244 e. The number of hydrogen-bond acceptors (Lipinski definition) is 5. The van der Waals surface area contributed by atoms with E-state index in [0.717, 1.165) is 12.8 Å². The molecule has 1 aromatic rings. The van der Waals surface area contributed by atoms with Gasteiger partial charge in [0.05, 0.1) is 5.69 Å². The highest BCUT2D eigenvalue weighted by Gasteiger charge is 2.24. The summed E-state index contributed by atoms with van der Waals surface area (Å²) in [6.07, 6.45) is 4.63. The number of nitrogens with one attached hydrogen (secondary N) is 2. The minimum absolute atomic E-state index is 0.0651. The number of nitrogens with two attached hydrogens (primary N) is 1. The fourth-order valence-corrected chi connectivity index (χ4v) is 3.54. The van der Waals surface area contributed by atoms with Crippen LogP contribution in [0.25, 0.3) is 0 Å². The molecule has 108 valence electrons. The largest absolute Gasteiger partial charge is 0.323 e. The first-order chi connectivity index (χ1) is 8.96. The Labute approximate surface area is 114 Å². The lowest BCUT2D eigenvalue weighted by Crippen LogP contribution is -2.38. The van der Waals surface area contributed by atoms with E-state index >= 15 is 0 Å². The van der Waals surface area contributed by atoms with Crippen LogP contribution in [0.3, 0.4) is 0 Å². The number of nitrogens with zero attached hydrogens (tertiary/aromatic N) is 1. The minimum Gasteiger partial charge on any atom is -0.323 e. The van der Waals surface area contributed by atoms with Crippen LogP contribution in [0.5, 0.6) is 0 Å². The van der Waals surface area contributed by atoms with Gasteiger partial charge in [0.1, 0.15) is 4.90 Å². The van der Waals surface area contributed by atoms with Crippen molar-refractivity contribution in [3.8, 4) is 0 Å². The van der Waals surface area contributed by atoms with Crippen molar-refractivity contribution in [1.82, 2.24) is 9.71 Å². The molecule has 0 aliphatic heterocycles. The van der Waals surface area contributed by atoms with Gasteiger partial charge in [-0.05, 0) is 18.9 Å². The van der Waals surface area contributed by atoms with E-state index in [1.54, 1.807) is 0 Å². The Morgan fingerprint density at radius 3 is 2.53 bits per heavy atom. The molecule has 19 heavy (non-hydrogen) atoms. The van der Waals surface area contributed by atoms with Gasteiger partial charge in [-0.2, -0.15) is 0 Å². The smallest absolute Gasteiger partial charge is 0.244 e. The number of sulfonamides is 1. The first kappa shape index (κ1) is 15.9. The van der Waals surface area contributed by atoms with Crippen molar-refractivity contribution in [2.45, 2.75) is 44.6 Å². The summed E-state index contributed by atoms with van der Waals surface area (Å²) in [7, 11) is -3.62. The van der Waals surface area contributed by atoms with Crippen LogP contribution < -0.4 is 16.0 Å². The summed E-state index contributed by atoms with van der Waals surface area (Å²) in [5.74, 6) is 5.63. The summed E-state index contributed by atoms with van der Waals surface area (Å²) in [4.78, 5) is 3.90. The average Bonchev–Trinajstić information content (AvgIpc) is 2.39. The van der Waals surface area contributed by atoms with Crippen molar-refractivity contribution >= 4 is 15.7 Å². The van der Waals surface area contributed by atoms with E-state index in [4.69, 9.17) is 5.84 Å². The van der Waals surface area contributed by atoms with Crippen LogP contribution in [0.15, 0.2) is 23.4 Å². The number of pyridine rings is 1. The van der Waals surface area contributed by atoms with E-state index in [2.05, 4.69) is 29.0 Å². The molecule has 1 rings (SSSR count). The summed E-state index contributed by atoms with van der Waals surface area (Å²) < 4.78 is 27.3. The molecule has 0 radical (unpaired) electrons.